The van der Waals surface area contributed by atoms with Crippen molar-refractivity contribution in [3.05, 3.63) is 29.5 Å². The molecule has 1 atom stereocenters. The van der Waals surface area contributed by atoms with Gasteiger partial charge in [-0.2, -0.15) is 0 Å². The number of aryl methyl sites for hydroxylation is 1. The van der Waals surface area contributed by atoms with Crippen LogP contribution in [-0.4, -0.2) is 7.11 Å². The van der Waals surface area contributed by atoms with Crippen LogP contribution in [0.5, 0.6) is 5.75 Å². The second-order valence-electron chi connectivity index (χ2n) is 3.79. The molecule has 0 aliphatic heterocycles. The van der Waals surface area contributed by atoms with Crippen molar-refractivity contribution in [1.82, 2.24) is 0 Å². The molecule has 1 heterocycles. The second-order valence-corrected chi connectivity index (χ2v) is 3.79. The molecule has 1 aromatic carbocycles. The Balaban J connectivity index is 2.70. The van der Waals surface area contributed by atoms with Crippen LogP contribution in [0, 0.1) is 6.92 Å². The van der Waals surface area contributed by atoms with Gasteiger partial charge in [0.15, 0.2) is 11.3 Å². The molecule has 0 spiro atoms. The fraction of sp³-hybridized carbons (Fsp3) is 0.333. The largest absolute Gasteiger partial charge is 0.493 e. The number of furan rings is 1. The fourth-order valence-corrected chi connectivity index (χ4v) is 1.69. The summed E-state index contributed by atoms with van der Waals surface area (Å²) in [6, 6.07) is 5.96. The molecule has 2 N–H and O–H groups in total. The minimum Gasteiger partial charge on any atom is -0.493 e. The summed E-state index contributed by atoms with van der Waals surface area (Å²) in [6.45, 7) is 3.87. The predicted molar refractivity (Wildman–Crippen MR) is 60.1 cm³/mol. The van der Waals surface area contributed by atoms with Crippen molar-refractivity contribution in [2.24, 2.45) is 5.73 Å². The molecule has 0 radical (unpaired) electrons. The van der Waals surface area contributed by atoms with Crippen LogP contribution in [-0.2, 0) is 0 Å². The van der Waals surface area contributed by atoms with E-state index >= 15 is 0 Å². The van der Waals surface area contributed by atoms with E-state index in [1.165, 1.54) is 0 Å². The van der Waals surface area contributed by atoms with Gasteiger partial charge in [-0.1, -0.05) is 0 Å². The lowest BCUT2D eigenvalue weighted by Crippen LogP contribution is -2.04. The first kappa shape index (κ1) is 10.1. The Labute approximate surface area is 88.8 Å². The number of hydrogen-bond donors (Lipinski definition) is 1. The predicted octanol–water partition coefficient (Wildman–Crippen LogP) is 2.77. The highest BCUT2D eigenvalue weighted by Crippen LogP contribution is 2.31. The maximum atomic E-state index is 5.85. The minimum atomic E-state index is -0.00138. The number of ether oxygens (including phenoxy) is 1. The number of hydrogen-bond acceptors (Lipinski definition) is 3. The summed E-state index contributed by atoms with van der Waals surface area (Å²) >= 11 is 0. The number of fused-ring (bicyclic) bond motifs is 1. The maximum absolute atomic E-state index is 5.85. The molecule has 1 aromatic heterocycles. The highest BCUT2D eigenvalue weighted by molar-refractivity contribution is 5.84. The summed E-state index contributed by atoms with van der Waals surface area (Å²) in [6.07, 6.45) is 0. The fourth-order valence-electron chi connectivity index (χ4n) is 1.69. The molecule has 0 aliphatic carbocycles. The van der Waals surface area contributed by atoms with Gasteiger partial charge in [0.1, 0.15) is 5.76 Å². The summed E-state index contributed by atoms with van der Waals surface area (Å²) in [5.41, 5.74) is 7.70. The molecule has 0 saturated carbocycles. The first-order chi connectivity index (χ1) is 7.11. The molecule has 0 fully saturated rings. The highest BCUT2D eigenvalue weighted by Gasteiger charge is 2.10. The molecule has 0 bridgehead atoms. The summed E-state index contributed by atoms with van der Waals surface area (Å²) in [5, 5.41) is 1.04. The normalized spacial score (nSPS) is 13.1. The molecule has 2 rings (SSSR count). The number of nitrogens with two attached hydrogens (primary N) is 1. The summed E-state index contributed by atoms with van der Waals surface area (Å²) in [4.78, 5) is 0. The van der Waals surface area contributed by atoms with Crippen LogP contribution in [0.25, 0.3) is 11.0 Å². The molecule has 15 heavy (non-hydrogen) atoms. The van der Waals surface area contributed by atoms with Crippen LogP contribution in [0.3, 0.4) is 0 Å². The molecule has 0 aliphatic rings. The Bertz CT molecular complexity index is 486. The van der Waals surface area contributed by atoms with Crippen LogP contribution in [0.15, 0.2) is 22.6 Å². The van der Waals surface area contributed by atoms with Crippen LogP contribution in [0.2, 0.25) is 0 Å². The second kappa shape index (κ2) is 3.59. The molecule has 0 amide bonds. The third-order valence-corrected chi connectivity index (χ3v) is 2.47. The molecule has 80 valence electrons. The lowest BCUT2D eigenvalue weighted by Gasteiger charge is -2.08. The van der Waals surface area contributed by atoms with Crippen molar-refractivity contribution in [3.63, 3.8) is 0 Å². The van der Waals surface area contributed by atoms with Gasteiger partial charge in [-0.05, 0) is 37.6 Å². The van der Waals surface area contributed by atoms with E-state index in [0.717, 1.165) is 28.0 Å². The minimum absolute atomic E-state index is 0.00138. The van der Waals surface area contributed by atoms with Gasteiger partial charge in [0.25, 0.3) is 0 Å². The number of methoxy groups -OCH3 is 1. The molecule has 1 unspecified atom stereocenters. The molecule has 3 nitrogen and oxygen atoms in total. The van der Waals surface area contributed by atoms with Crippen LogP contribution in [0.4, 0.5) is 0 Å². The standard InChI is InChI=1S/C12H15NO2/c1-7-4-10-5-9(8(2)13)6-11(14-3)12(10)15-7/h4-6,8H,13H2,1-3H3. The first-order valence-electron chi connectivity index (χ1n) is 4.95. The van der Waals surface area contributed by atoms with Gasteiger partial charge >= 0.3 is 0 Å². The molecular weight excluding hydrogens is 190 g/mol. The highest BCUT2D eigenvalue weighted by atomic mass is 16.5. The van der Waals surface area contributed by atoms with Gasteiger partial charge in [-0.15, -0.1) is 0 Å². The smallest absolute Gasteiger partial charge is 0.176 e. The monoisotopic (exact) mass is 205 g/mol. The van der Waals surface area contributed by atoms with E-state index < -0.39 is 0 Å². The number of benzene rings is 1. The van der Waals surface area contributed by atoms with E-state index in [4.69, 9.17) is 14.9 Å². The molecule has 2 aromatic rings. The van der Waals surface area contributed by atoms with Crippen molar-refractivity contribution in [3.8, 4) is 5.75 Å². The summed E-state index contributed by atoms with van der Waals surface area (Å²) in [5.74, 6) is 1.62. The van der Waals surface area contributed by atoms with Crippen LogP contribution >= 0.6 is 0 Å². The van der Waals surface area contributed by atoms with Gasteiger partial charge in [0, 0.05) is 11.4 Å². The Kier molecular flexibility index (Phi) is 2.40. The zero-order chi connectivity index (χ0) is 11.0. The SMILES string of the molecule is COc1cc(C(C)N)cc2cc(C)oc12. The average molecular weight is 205 g/mol. The topological polar surface area (TPSA) is 48.4 Å². The van der Waals surface area contributed by atoms with Gasteiger partial charge < -0.3 is 14.9 Å². The van der Waals surface area contributed by atoms with Crippen molar-refractivity contribution in [2.45, 2.75) is 19.9 Å². The first-order valence-corrected chi connectivity index (χ1v) is 4.95. The van der Waals surface area contributed by atoms with Gasteiger partial charge in [-0.3, -0.25) is 0 Å². The van der Waals surface area contributed by atoms with Crippen molar-refractivity contribution < 1.29 is 9.15 Å². The van der Waals surface area contributed by atoms with Crippen LogP contribution < -0.4 is 10.5 Å². The average Bonchev–Trinajstić information content (AvgIpc) is 2.56. The molecular formula is C12H15NO2. The van der Waals surface area contributed by atoms with Gasteiger partial charge in [0.2, 0.25) is 0 Å². The van der Waals surface area contributed by atoms with E-state index in [-0.39, 0.29) is 6.04 Å². The van der Waals surface area contributed by atoms with Crippen molar-refractivity contribution in [2.75, 3.05) is 7.11 Å². The van der Waals surface area contributed by atoms with Gasteiger partial charge in [-0.25, -0.2) is 0 Å². The lowest BCUT2D eigenvalue weighted by atomic mass is 10.1. The van der Waals surface area contributed by atoms with Crippen LogP contribution in [0.1, 0.15) is 24.3 Å². The zero-order valence-electron chi connectivity index (χ0n) is 9.20. The third kappa shape index (κ3) is 1.70. The maximum Gasteiger partial charge on any atom is 0.176 e. The van der Waals surface area contributed by atoms with E-state index in [0.29, 0.717) is 0 Å². The van der Waals surface area contributed by atoms with Crippen molar-refractivity contribution in [1.29, 1.82) is 0 Å². The van der Waals surface area contributed by atoms with E-state index in [1.807, 2.05) is 32.0 Å². The molecule has 3 heteroatoms. The van der Waals surface area contributed by atoms with Crippen molar-refractivity contribution >= 4 is 11.0 Å². The number of rotatable bonds is 2. The van der Waals surface area contributed by atoms with Gasteiger partial charge in [0.05, 0.1) is 7.11 Å². The quantitative estimate of drug-likeness (QED) is 0.820. The zero-order valence-corrected chi connectivity index (χ0v) is 9.20. The van der Waals surface area contributed by atoms with E-state index in [1.54, 1.807) is 7.11 Å². The molecule has 0 saturated heterocycles. The lowest BCUT2D eigenvalue weighted by molar-refractivity contribution is 0.408. The van der Waals surface area contributed by atoms with E-state index in [2.05, 4.69) is 0 Å². The summed E-state index contributed by atoms with van der Waals surface area (Å²) in [7, 11) is 1.64. The van der Waals surface area contributed by atoms with E-state index in [9.17, 15) is 0 Å². The Morgan fingerprint density at radius 1 is 1.33 bits per heavy atom. The Morgan fingerprint density at radius 2 is 2.07 bits per heavy atom. The Hall–Kier alpha value is -1.48. The Morgan fingerprint density at radius 3 is 2.67 bits per heavy atom. The third-order valence-electron chi connectivity index (χ3n) is 2.47. The summed E-state index contributed by atoms with van der Waals surface area (Å²) < 4.78 is 10.8.